The van der Waals surface area contributed by atoms with Gasteiger partial charge in [0.2, 0.25) is 0 Å². The molecule has 1 aromatic carbocycles. The lowest BCUT2D eigenvalue weighted by Gasteiger charge is -2.08. The topological polar surface area (TPSA) is 61.8 Å². The van der Waals surface area contributed by atoms with Crippen LogP contribution in [-0.4, -0.2) is 23.6 Å². The Balaban J connectivity index is 2.22. The normalized spacial score (nSPS) is 10.8. The highest BCUT2D eigenvalue weighted by atomic mass is 16.5. The zero-order valence-electron chi connectivity index (χ0n) is 12.3. The first kappa shape index (κ1) is 13.3. The van der Waals surface area contributed by atoms with Crippen LogP contribution in [0, 0.1) is 6.92 Å². The molecule has 0 fully saturated rings. The Hall–Kier alpha value is -2.69. The second kappa shape index (κ2) is 5.01. The number of hydrogen-bond donors (Lipinski definition) is 1. The molecular formula is C16H17N3O2. The first-order chi connectivity index (χ1) is 10.1. The van der Waals surface area contributed by atoms with E-state index in [0.717, 1.165) is 39.8 Å². The largest absolute Gasteiger partial charge is 0.497 e. The number of benzene rings is 1. The predicted octanol–water partition coefficient (Wildman–Crippen LogP) is 2.91. The highest BCUT2D eigenvalue weighted by molar-refractivity contribution is 5.71. The zero-order valence-corrected chi connectivity index (χ0v) is 12.3. The maximum absolute atomic E-state index is 5.94. The third kappa shape index (κ3) is 2.16. The average molecular weight is 283 g/mol. The number of fused-ring (bicyclic) bond motifs is 1. The number of ether oxygens (including phenoxy) is 2. The lowest BCUT2D eigenvalue weighted by Crippen LogP contribution is -1.96. The van der Waals surface area contributed by atoms with E-state index in [9.17, 15) is 0 Å². The van der Waals surface area contributed by atoms with Crippen LogP contribution in [0.4, 0.5) is 5.69 Å². The van der Waals surface area contributed by atoms with Gasteiger partial charge in [0.05, 0.1) is 25.6 Å². The van der Waals surface area contributed by atoms with Gasteiger partial charge in [0.15, 0.2) is 0 Å². The average Bonchev–Trinajstić information content (AvgIpc) is 2.95. The van der Waals surface area contributed by atoms with Gasteiger partial charge in [0.25, 0.3) is 0 Å². The van der Waals surface area contributed by atoms with Crippen LogP contribution in [0.1, 0.15) is 5.69 Å². The maximum atomic E-state index is 5.94. The van der Waals surface area contributed by atoms with E-state index in [4.69, 9.17) is 15.2 Å². The number of imidazole rings is 1. The molecule has 0 aliphatic heterocycles. The standard InChI is InChI=1S/C16H17N3O2/c1-10-13(17)5-7-16-18-14(9-19(10)16)12-8-11(20-2)4-6-15(12)21-3/h4-9H,17H2,1-3H3. The Labute approximate surface area is 122 Å². The molecule has 0 atom stereocenters. The summed E-state index contributed by atoms with van der Waals surface area (Å²) in [4.78, 5) is 4.64. The quantitative estimate of drug-likeness (QED) is 0.803. The van der Waals surface area contributed by atoms with Gasteiger partial charge < -0.3 is 19.6 Å². The van der Waals surface area contributed by atoms with E-state index in [2.05, 4.69) is 4.98 Å². The van der Waals surface area contributed by atoms with Crippen molar-refractivity contribution >= 4 is 11.3 Å². The molecule has 21 heavy (non-hydrogen) atoms. The maximum Gasteiger partial charge on any atom is 0.137 e. The fourth-order valence-electron chi connectivity index (χ4n) is 2.35. The third-order valence-electron chi connectivity index (χ3n) is 3.61. The molecule has 5 heteroatoms. The van der Waals surface area contributed by atoms with E-state index < -0.39 is 0 Å². The lowest BCUT2D eigenvalue weighted by atomic mass is 10.1. The van der Waals surface area contributed by atoms with Gasteiger partial charge in [-0.05, 0) is 37.3 Å². The predicted molar refractivity (Wildman–Crippen MR) is 82.9 cm³/mol. The SMILES string of the molecule is COc1ccc(OC)c(-c2cn3c(C)c(N)ccc3n2)c1. The van der Waals surface area contributed by atoms with E-state index in [-0.39, 0.29) is 0 Å². The number of aromatic nitrogens is 2. The number of nitrogens with zero attached hydrogens (tertiary/aromatic N) is 2. The molecule has 0 radical (unpaired) electrons. The molecule has 0 bridgehead atoms. The number of rotatable bonds is 3. The first-order valence-corrected chi connectivity index (χ1v) is 6.60. The van der Waals surface area contributed by atoms with E-state index in [1.807, 2.05) is 47.9 Å². The van der Waals surface area contributed by atoms with Crippen molar-refractivity contribution in [2.24, 2.45) is 0 Å². The Bertz CT molecular complexity index is 809. The van der Waals surface area contributed by atoms with Crippen LogP contribution in [0.15, 0.2) is 36.5 Å². The smallest absolute Gasteiger partial charge is 0.137 e. The molecule has 0 spiro atoms. The molecule has 2 heterocycles. The number of nitrogen functional groups attached to an aromatic ring is 1. The Morgan fingerprint density at radius 3 is 2.62 bits per heavy atom. The second-order valence-electron chi connectivity index (χ2n) is 4.79. The van der Waals surface area contributed by atoms with Crippen molar-refractivity contribution in [2.75, 3.05) is 20.0 Å². The van der Waals surface area contributed by atoms with Crippen molar-refractivity contribution in [1.29, 1.82) is 0 Å². The van der Waals surface area contributed by atoms with Gasteiger partial charge in [-0.25, -0.2) is 4.98 Å². The molecule has 5 nitrogen and oxygen atoms in total. The zero-order chi connectivity index (χ0) is 15.0. The molecule has 0 unspecified atom stereocenters. The van der Waals surface area contributed by atoms with Crippen LogP contribution in [0.5, 0.6) is 11.5 Å². The molecule has 2 aromatic heterocycles. The van der Waals surface area contributed by atoms with Crippen LogP contribution in [0.3, 0.4) is 0 Å². The van der Waals surface area contributed by atoms with Gasteiger partial charge >= 0.3 is 0 Å². The summed E-state index contributed by atoms with van der Waals surface area (Å²) in [5.41, 5.74) is 10.2. The van der Waals surface area contributed by atoms with Crippen molar-refractivity contribution in [1.82, 2.24) is 9.38 Å². The molecule has 0 saturated heterocycles. The summed E-state index contributed by atoms with van der Waals surface area (Å²) in [5.74, 6) is 1.52. The minimum atomic E-state index is 0.740. The number of anilines is 1. The Kier molecular flexibility index (Phi) is 3.17. The number of pyridine rings is 1. The molecule has 0 amide bonds. The summed E-state index contributed by atoms with van der Waals surface area (Å²) in [5, 5.41) is 0. The Morgan fingerprint density at radius 1 is 1.10 bits per heavy atom. The van der Waals surface area contributed by atoms with E-state index in [0.29, 0.717) is 0 Å². The van der Waals surface area contributed by atoms with E-state index in [1.54, 1.807) is 14.2 Å². The number of hydrogen-bond acceptors (Lipinski definition) is 4. The van der Waals surface area contributed by atoms with Gasteiger partial charge in [-0.15, -0.1) is 0 Å². The number of aryl methyl sites for hydroxylation is 1. The summed E-state index contributed by atoms with van der Waals surface area (Å²) in [7, 11) is 3.28. The van der Waals surface area contributed by atoms with Gasteiger partial charge in [-0.2, -0.15) is 0 Å². The van der Waals surface area contributed by atoms with Gasteiger partial charge in [0.1, 0.15) is 17.1 Å². The highest BCUT2D eigenvalue weighted by Gasteiger charge is 2.12. The summed E-state index contributed by atoms with van der Waals surface area (Å²) >= 11 is 0. The minimum Gasteiger partial charge on any atom is -0.497 e. The molecule has 0 saturated carbocycles. The first-order valence-electron chi connectivity index (χ1n) is 6.60. The van der Waals surface area contributed by atoms with Crippen molar-refractivity contribution in [3.63, 3.8) is 0 Å². The fourth-order valence-corrected chi connectivity index (χ4v) is 2.35. The summed E-state index contributed by atoms with van der Waals surface area (Å²) in [6.07, 6.45) is 1.96. The van der Waals surface area contributed by atoms with Gasteiger partial charge in [-0.3, -0.25) is 0 Å². The summed E-state index contributed by atoms with van der Waals surface area (Å²) in [6.45, 7) is 1.97. The van der Waals surface area contributed by atoms with Gasteiger partial charge in [0, 0.05) is 17.5 Å². The monoisotopic (exact) mass is 283 g/mol. The van der Waals surface area contributed by atoms with Crippen LogP contribution in [0.2, 0.25) is 0 Å². The summed E-state index contributed by atoms with van der Waals surface area (Å²) < 4.78 is 12.7. The third-order valence-corrected chi connectivity index (χ3v) is 3.61. The molecule has 0 aliphatic carbocycles. The minimum absolute atomic E-state index is 0.740. The highest BCUT2D eigenvalue weighted by Crippen LogP contribution is 2.33. The van der Waals surface area contributed by atoms with Crippen LogP contribution >= 0.6 is 0 Å². The van der Waals surface area contributed by atoms with Crippen LogP contribution < -0.4 is 15.2 Å². The van der Waals surface area contributed by atoms with Crippen molar-refractivity contribution in [3.05, 3.63) is 42.2 Å². The van der Waals surface area contributed by atoms with Gasteiger partial charge in [-0.1, -0.05) is 0 Å². The van der Waals surface area contributed by atoms with Crippen molar-refractivity contribution in [2.45, 2.75) is 6.92 Å². The van der Waals surface area contributed by atoms with E-state index >= 15 is 0 Å². The molecule has 2 N–H and O–H groups in total. The van der Waals surface area contributed by atoms with Crippen LogP contribution in [0.25, 0.3) is 16.9 Å². The number of methoxy groups -OCH3 is 2. The molecule has 3 aromatic rings. The second-order valence-corrected chi connectivity index (χ2v) is 4.79. The molecule has 108 valence electrons. The Morgan fingerprint density at radius 2 is 1.90 bits per heavy atom. The van der Waals surface area contributed by atoms with Crippen molar-refractivity contribution < 1.29 is 9.47 Å². The molecule has 0 aliphatic rings. The van der Waals surface area contributed by atoms with Crippen LogP contribution in [-0.2, 0) is 0 Å². The van der Waals surface area contributed by atoms with Crippen molar-refractivity contribution in [3.8, 4) is 22.8 Å². The lowest BCUT2D eigenvalue weighted by molar-refractivity contribution is 0.404. The van der Waals surface area contributed by atoms with E-state index in [1.165, 1.54) is 0 Å². The molecule has 3 rings (SSSR count). The molecular weight excluding hydrogens is 266 g/mol. The summed E-state index contributed by atoms with van der Waals surface area (Å²) in [6, 6.07) is 9.42. The fraction of sp³-hybridized carbons (Fsp3) is 0.188. The number of nitrogens with two attached hydrogens (primary N) is 1.